The molecule has 1 spiro atoms. The molecule has 0 bridgehead atoms. The molecule has 1 atom stereocenters. The summed E-state index contributed by atoms with van der Waals surface area (Å²) in [4.78, 5) is 18.9. The molecule has 0 aliphatic carbocycles. The van der Waals surface area contributed by atoms with Gasteiger partial charge in [0.1, 0.15) is 0 Å². The fraction of sp³-hybridized carbons (Fsp3) is 0.650. The van der Waals surface area contributed by atoms with E-state index in [1.54, 1.807) is 4.90 Å². The van der Waals surface area contributed by atoms with Crippen molar-refractivity contribution in [2.45, 2.75) is 38.8 Å². The largest absolute Gasteiger partial charge is 0.347 e. The quantitative estimate of drug-likeness (QED) is 0.849. The minimum atomic E-state index is 0.0155. The van der Waals surface area contributed by atoms with Crippen molar-refractivity contribution in [3.05, 3.63) is 35.9 Å². The normalized spacial score (nSPS) is 22.6. The summed E-state index contributed by atoms with van der Waals surface area (Å²) in [5.41, 5.74) is 1.85. The highest BCUT2D eigenvalue weighted by molar-refractivity contribution is 5.81. The van der Waals surface area contributed by atoms with E-state index in [-0.39, 0.29) is 11.9 Å². The Morgan fingerprint density at radius 2 is 1.75 bits per heavy atom. The van der Waals surface area contributed by atoms with Crippen LogP contribution in [0.1, 0.15) is 31.7 Å². The second kappa shape index (κ2) is 7.24. The van der Waals surface area contributed by atoms with Crippen molar-refractivity contribution in [1.29, 1.82) is 0 Å². The van der Waals surface area contributed by atoms with Crippen LogP contribution in [0, 0.1) is 5.41 Å². The highest BCUT2D eigenvalue weighted by atomic mass is 16.2. The monoisotopic (exact) mass is 329 g/mol. The van der Waals surface area contributed by atoms with Crippen molar-refractivity contribution in [1.82, 2.24) is 14.7 Å². The molecule has 2 fully saturated rings. The lowest BCUT2D eigenvalue weighted by molar-refractivity contribution is -0.133. The van der Waals surface area contributed by atoms with E-state index in [1.165, 1.54) is 37.9 Å². The number of piperidine rings is 1. The van der Waals surface area contributed by atoms with Crippen LogP contribution >= 0.6 is 0 Å². The second-order valence-electron chi connectivity index (χ2n) is 7.89. The van der Waals surface area contributed by atoms with Crippen molar-refractivity contribution < 1.29 is 4.79 Å². The van der Waals surface area contributed by atoms with Gasteiger partial charge in [0.05, 0.1) is 6.04 Å². The number of amides is 1. The van der Waals surface area contributed by atoms with E-state index in [2.05, 4.69) is 47.1 Å². The van der Waals surface area contributed by atoms with Crippen molar-refractivity contribution in [2.75, 3.05) is 40.3 Å². The zero-order valence-electron chi connectivity index (χ0n) is 15.4. The van der Waals surface area contributed by atoms with Crippen LogP contribution in [-0.4, -0.2) is 66.9 Å². The van der Waals surface area contributed by atoms with Gasteiger partial charge in [-0.15, -0.1) is 0 Å². The van der Waals surface area contributed by atoms with Crippen LogP contribution in [0.2, 0.25) is 0 Å². The molecule has 0 saturated carbocycles. The lowest BCUT2D eigenvalue weighted by atomic mass is 9.77. The number of carbonyl (C=O) groups is 1. The van der Waals surface area contributed by atoms with E-state index >= 15 is 0 Å². The van der Waals surface area contributed by atoms with Crippen molar-refractivity contribution >= 4 is 5.91 Å². The molecule has 3 rings (SSSR count). The van der Waals surface area contributed by atoms with Crippen LogP contribution in [-0.2, 0) is 11.3 Å². The van der Waals surface area contributed by atoms with Gasteiger partial charge in [-0.2, -0.15) is 0 Å². The smallest absolute Gasteiger partial charge is 0.239 e. The number of hydrogen-bond donors (Lipinski definition) is 0. The Hall–Kier alpha value is -1.39. The van der Waals surface area contributed by atoms with Crippen LogP contribution in [0.4, 0.5) is 0 Å². The van der Waals surface area contributed by atoms with Gasteiger partial charge >= 0.3 is 0 Å². The van der Waals surface area contributed by atoms with Gasteiger partial charge in [0.25, 0.3) is 0 Å². The van der Waals surface area contributed by atoms with Crippen LogP contribution in [0.25, 0.3) is 0 Å². The average molecular weight is 329 g/mol. The first-order valence-corrected chi connectivity index (χ1v) is 9.21. The highest BCUT2D eigenvalue weighted by Crippen LogP contribution is 2.41. The molecular weight excluding hydrogens is 298 g/mol. The molecule has 2 aliphatic rings. The molecule has 1 aromatic carbocycles. The van der Waals surface area contributed by atoms with Crippen LogP contribution in [0.5, 0.6) is 0 Å². The third-order valence-corrected chi connectivity index (χ3v) is 5.98. The molecule has 2 saturated heterocycles. The third-order valence-electron chi connectivity index (χ3n) is 5.98. The van der Waals surface area contributed by atoms with E-state index in [0.717, 1.165) is 19.6 Å². The van der Waals surface area contributed by atoms with Crippen LogP contribution < -0.4 is 0 Å². The fourth-order valence-electron chi connectivity index (χ4n) is 4.27. The number of nitrogens with zero attached hydrogens (tertiary/aromatic N) is 3. The minimum Gasteiger partial charge on any atom is -0.347 e. The number of hydrogen-bond acceptors (Lipinski definition) is 3. The first-order chi connectivity index (χ1) is 11.5. The molecule has 0 aromatic heterocycles. The van der Waals surface area contributed by atoms with E-state index in [9.17, 15) is 4.79 Å². The summed E-state index contributed by atoms with van der Waals surface area (Å²) in [6.45, 7) is 7.64. The molecule has 4 nitrogen and oxygen atoms in total. The van der Waals surface area contributed by atoms with Crippen molar-refractivity contribution in [2.24, 2.45) is 5.41 Å². The highest BCUT2D eigenvalue weighted by Gasteiger charge is 2.42. The Balaban J connectivity index is 1.52. The molecule has 2 aliphatic heterocycles. The zero-order chi connectivity index (χ0) is 17.2. The first kappa shape index (κ1) is 17.4. The molecule has 4 heteroatoms. The van der Waals surface area contributed by atoms with Crippen molar-refractivity contribution in [3.8, 4) is 0 Å². The van der Waals surface area contributed by atoms with E-state index in [0.29, 0.717) is 5.41 Å². The number of likely N-dealkylation sites (N-methyl/N-ethyl adjacent to an activating group) is 1. The van der Waals surface area contributed by atoms with Gasteiger partial charge in [0, 0.05) is 27.2 Å². The fourth-order valence-corrected chi connectivity index (χ4v) is 4.27. The van der Waals surface area contributed by atoms with Gasteiger partial charge in [0.15, 0.2) is 0 Å². The first-order valence-electron chi connectivity index (χ1n) is 9.21. The summed E-state index contributed by atoms with van der Waals surface area (Å²) in [5.74, 6) is 0.230. The number of rotatable bonds is 4. The Labute approximate surface area is 146 Å². The van der Waals surface area contributed by atoms with Crippen molar-refractivity contribution in [3.63, 3.8) is 0 Å². The predicted molar refractivity (Wildman–Crippen MR) is 97.7 cm³/mol. The summed E-state index contributed by atoms with van der Waals surface area (Å²) in [7, 11) is 3.71. The Bertz CT molecular complexity index is 549. The Morgan fingerprint density at radius 1 is 1.12 bits per heavy atom. The maximum absolute atomic E-state index is 12.2. The number of likely N-dealkylation sites (tertiary alicyclic amines) is 2. The van der Waals surface area contributed by atoms with E-state index < -0.39 is 0 Å². The summed E-state index contributed by atoms with van der Waals surface area (Å²) in [5, 5.41) is 0. The maximum Gasteiger partial charge on any atom is 0.239 e. The lowest BCUT2D eigenvalue weighted by Crippen LogP contribution is -2.46. The van der Waals surface area contributed by atoms with Gasteiger partial charge < -0.3 is 4.90 Å². The minimum absolute atomic E-state index is 0.0155. The molecule has 132 valence electrons. The Kier molecular flexibility index (Phi) is 5.26. The molecule has 24 heavy (non-hydrogen) atoms. The Morgan fingerprint density at radius 3 is 2.38 bits per heavy atom. The second-order valence-corrected chi connectivity index (χ2v) is 7.89. The topological polar surface area (TPSA) is 26.8 Å². The number of benzene rings is 1. The molecule has 0 N–H and O–H groups in total. The van der Waals surface area contributed by atoms with Crippen LogP contribution in [0.15, 0.2) is 30.3 Å². The number of carbonyl (C=O) groups excluding carboxylic acids is 1. The average Bonchev–Trinajstić information content (AvgIpc) is 3.00. The molecule has 1 unspecified atom stereocenters. The van der Waals surface area contributed by atoms with Gasteiger partial charge in [-0.3, -0.25) is 14.6 Å². The maximum atomic E-state index is 12.2. The molecule has 0 radical (unpaired) electrons. The molecule has 2 heterocycles. The standard InChI is InChI=1S/C20H31N3O/c1-17(19(24)21(2)3)23-14-11-20(16-23)9-12-22(13-10-20)15-18-7-5-4-6-8-18/h4-8,17H,9-16H2,1-3H3. The lowest BCUT2D eigenvalue weighted by Gasteiger charge is -2.40. The SMILES string of the molecule is CC(C(=O)N(C)C)N1CCC2(CCN(Cc3ccccc3)CC2)C1. The molecule has 1 aromatic rings. The summed E-state index contributed by atoms with van der Waals surface area (Å²) >= 11 is 0. The summed E-state index contributed by atoms with van der Waals surface area (Å²) in [6, 6.07) is 10.8. The summed E-state index contributed by atoms with van der Waals surface area (Å²) < 4.78 is 0. The third kappa shape index (κ3) is 3.81. The van der Waals surface area contributed by atoms with Gasteiger partial charge in [-0.25, -0.2) is 0 Å². The van der Waals surface area contributed by atoms with E-state index in [4.69, 9.17) is 0 Å². The van der Waals surface area contributed by atoms with E-state index in [1.807, 2.05) is 14.1 Å². The molecular formula is C20H31N3O. The van der Waals surface area contributed by atoms with Gasteiger partial charge in [-0.1, -0.05) is 30.3 Å². The predicted octanol–water partition coefficient (Wildman–Crippen LogP) is 2.45. The van der Waals surface area contributed by atoms with Gasteiger partial charge in [-0.05, 0) is 56.8 Å². The van der Waals surface area contributed by atoms with Crippen LogP contribution in [0.3, 0.4) is 0 Å². The zero-order valence-corrected chi connectivity index (χ0v) is 15.4. The summed E-state index contributed by atoms with van der Waals surface area (Å²) in [6.07, 6.45) is 3.77. The molecule has 1 amide bonds. The van der Waals surface area contributed by atoms with Gasteiger partial charge in [0.2, 0.25) is 5.91 Å².